The van der Waals surface area contributed by atoms with Gasteiger partial charge in [0.2, 0.25) is 0 Å². The first kappa shape index (κ1) is 9.14. The van der Waals surface area contributed by atoms with E-state index in [1.54, 1.807) is 0 Å². The standard InChI is InChI=1S/C7H14S3/c1-7(2)5-9-3-6(8)4-10-7/h6,8H,3-5H2,1-2H3. The number of thioether (sulfide) groups is 2. The SMILES string of the molecule is CC1(C)CSCC(S)CS1. The molecule has 10 heavy (non-hydrogen) atoms. The van der Waals surface area contributed by atoms with Gasteiger partial charge in [-0.05, 0) is 13.8 Å². The van der Waals surface area contributed by atoms with Gasteiger partial charge in [-0.2, -0.15) is 36.2 Å². The molecule has 1 fully saturated rings. The molecule has 0 aromatic carbocycles. The maximum Gasteiger partial charge on any atom is 0.0198 e. The molecule has 1 atom stereocenters. The Morgan fingerprint density at radius 3 is 2.80 bits per heavy atom. The lowest BCUT2D eigenvalue weighted by Crippen LogP contribution is -2.17. The van der Waals surface area contributed by atoms with Crippen molar-refractivity contribution in [2.24, 2.45) is 0 Å². The summed E-state index contributed by atoms with van der Waals surface area (Å²) in [5.74, 6) is 3.71. The van der Waals surface area contributed by atoms with E-state index in [1.165, 1.54) is 17.3 Å². The van der Waals surface area contributed by atoms with Gasteiger partial charge in [-0.25, -0.2) is 0 Å². The van der Waals surface area contributed by atoms with Crippen LogP contribution in [0.2, 0.25) is 0 Å². The molecule has 0 spiro atoms. The van der Waals surface area contributed by atoms with Crippen molar-refractivity contribution >= 4 is 36.2 Å². The Kier molecular flexibility index (Phi) is 3.32. The molecular formula is C7H14S3. The van der Waals surface area contributed by atoms with E-state index >= 15 is 0 Å². The van der Waals surface area contributed by atoms with E-state index in [-0.39, 0.29) is 0 Å². The largest absolute Gasteiger partial charge is 0.174 e. The fourth-order valence-corrected chi connectivity index (χ4v) is 3.89. The predicted molar refractivity (Wildman–Crippen MR) is 56.6 cm³/mol. The molecule has 1 rings (SSSR count). The van der Waals surface area contributed by atoms with Crippen LogP contribution < -0.4 is 0 Å². The predicted octanol–water partition coefficient (Wildman–Crippen LogP) is 2.54. The Hall–Kier alpha value is 1.05. The van der Waals surface area contributed by atoms with Crippen molar-refractivity contribution in [2.75, 3.05) is 17.3 Å². The van der Waals surface area contributed by atoms with Crippen molar-refractivity contribution in [1.82, 2.24) is 0 Å². The minimum absolute atomic E-state index is 0.474. The van der Waals surface area contributed by atoms with Crippen molar-refractivity contribution in [3.8, 4) is 0 Å². The van der Waals surface area contributed by atoms with Crippen molar-refractivity contribution in [3.63, 3.8) is 0 Å². The van der Waals surface area contributed by atoms with Gasteiger partial charge < -0.3 is 0 Å². The molecule has 0 aromatic rings. The van der Waals surface area contributed by atoms with Crippen molar-refractivity contribution in [1.29, 1.82) is 0 Å². The first-order valence-corrected chi connectivity index (χ1v) is 6.16. The molecule has 1 unspecified atom stereocenters. The van der Waals surface area contributed by atoms with Crippen molar-refractivity contribution < 1.29 is 0 Å². The molecule has 3 heteroatoms. The second kappa shape index (κ2) is 3.63. The minimum Gasteiger partial charge on any atom is -0.174 e. The first-order valence-electron chi connectivity index (χ1n) is 3.50. The molecular weight excluding hydrogens is 180 g/mol. The second-order valence-electron chi connectivity index (χ2n) is 3.24. The Balaban J connectivity index is 2.41. The van der Waals surface area contributed by atoms with Crippen LogP contribution in [-0.2, 0) is 0 Å². The van der Waals surface area contributed by atoms with E-state index in [2.05, 4.69) is 38.2 Å². The third-order valence-corrected chi connectivity index (χ3v) is 5.53. The van der Waals surface area contributed by atoms with E-state index in [1.807, 2.05) is 11.8 Å². The van der Waals surface area contributed by atoms with Gasteiger partial charge in [0.15, 0.2) is 0 Å². The van der Waals surface area contributed by atoms with Crippen LogP contribution in [0.3, 0.4) is 0 Å². The number of hydrogen-bond acceptors (Lipinski definition) is 3. The second-order valence-corrected chi connectivity index (χ2v) is 6.73. The zero-order chi connectivity index (χ0) is 7.61. The number of hydrogen-bond donors (Lipinski definition) is 1. The third kappa shape index (κ3) is 2.97. The van der Waals surface area contributed by atoms with E-state index in [0.29, 0.717) is 10.00 Å². The highest BCUT2D eigenvalue weighted by atomic mass is 32.2. The molecule has 0 bridgehead atoms. The van der Waals surface area contributed by atoms with Gasteiger partial charge in [0, 0.05) is 27.3 Å². The lowest BCUT2D eigenvalue weighted by molar-refractivity contribution is 0.820. The summed E-state index contributed by atoms with van der Waals surface area (Å²) < 4.78 is 0.474. The molecule has 0 aliphatic carbocycles. The van der Waals surface area contributed by atoms with Crippen LogP contribution in [-0.4, -0.2) is 27.3 Å². The van der Waals surface area contributed by atoms with E-state index in [4.69, 9.17) is 0 Å². The summed E-state index contributed by atoms with van der Waals surface area (Å²) in [7, 11) is 0. The summed E-state index contributed by atoms with van der Waals surface area (Å²) in [5.41, 5.74) is 0. The topological polar surface area (TPSA) is 0 Å². The molecule has 1 aliphatic rings. The molecule has 0 saturated carbocycles. The Bertz CT molecular complexity index is 111. The Morgan fingerprint density at radius 2 is 2.10 bits per heavy atom. The van der Waals surface area contributed by atoms with Crippen LogP contribution in [0.4, 0.5) is 0 Å². The molecule has 60 valence electrons. The number of thiol groups is 1. The molecule has 1 heterocycles. The highest BCUT2D eigenvalue weighted by Crippen LogP contribution is 2.34. The summed E-state index contributed by atoms with van der Waals surface area (Å²) in [4.78, 5) is 0. The molecule has 0 N–H and O–H groups in total. The highest BCUT2D eigenvalue weighted by molar-refractivity contribution is 8.05. The summed E-state index contributed by atoms with van der Waals surface area (Å²) in [6.07, 6.45) is 0. The smallest absolute Gasteiger partial charge is 0.0198 e. The van der Waals surface area contributed by atoms with Gasteiger partial charge in [0.25, 0.3) is 0 Å². The van der Waals surface area contributed by atoms with Gasteiger partial charge in [-0.1, -0.05) is 0 Å². The van der Waals surface area contributed by atoms with Crippen LogP contribution in [0.1, 0.15) is 13.8 Å². The van der Waals surface area contributed by atoms with Crippen LogP contribution in [0.25, 0.3) is 0 Å². The Labute approximate surface area is 77.3 Å². The van der Waals surface area contributed by atoms with Gasteiger partial charge in [0.1, 0.15) is 0 Å². The van der Waals surface area contributed by atoms with Crippen LogP contribution >= 0.6 is 36.2 Å². The third-order valence-electron chi connectivity index (χ3n) is 1.43. The zero-order valence-electron chi connectivity index (χ0n) is 6.46. The summed E-state index contributed by atoms with van der Waals surface area (Å²) in [6, 6.07) is 0. The lowest BCUT2D eigenvalue weighted by atomic mass is 10.2. The normalized spacial score (nSPS) is 33.3. The van der Waals surface area contributed by atoms with E-state index in [9.17, 15) is 0 Å². The molecule has 1 aliphatic heterocycles. The first-order chi connectivity index (χ1) is 4.60. The minimum atomic E-state index is 0.474. The summed E-state index contributed by atoms with van der Waals surface area (Å²) in [5, 5.41) is 0.608. The fraction of sp³-hybridized carbons (Fsp3) is 1.00. The van der Waals surface area contributed by atoms with Crippen LogP contribution in [0.15, 0.2) is 0 Å². The maximum absolute atomic E-state index is 4.47. The maximum atomic E-state index is 4.47. The average molecular weight is 194 g/mol. The molecule has 0 nitrogen and oxygen atoms in total. The summed E-state index contributed by atoms with van der Waals surface area (Å²) in [6.45, 7) is 4.63. The number of rotatable bonds is 0. The van der Waals surface area contributed by atoms with Gasteiger partial charge in [-0.15, -0.1) is 0 Å². The fourth-order valence-electron chi connectivity index (χ4n) is 0.852. The Morgan fingerprint density at radius 1 is 1.40 bits per heavy atom. The highest BCUT2D eigenvalue weighted by Gasteiger charge is 2.23. The van der Waals surface area contributed by atoms with Gasteiger partial charge in [0.05, 0.1) is 0 Å². The van der Waals surface area contributed by atoms with E-state index < -0.39 is 0 Å². The van der Waals surface area contributed by atoms with E-state index in [0.717, 1.165) is 0 Å². The summed E-state index contributed by atoms with van der Waals surface area (Å²) >= 11 is 8.55. The zero-order valence-corrected chi connectivity index (χ0v) is 8.99. The van der Waals surface area contributed by atoms with Crippen LogP contribution in [0.5, 0.6) is 0 Å². The van der Waals surface area contributed by atoms with Crippen LogP contribution in [0, 0.1) is 0 Å². The molecule has 0 amide bonds. The van der Waals surface area contributed by atoms with Gasteiger partial charge >= 0.3 is 0 Å². The van der Waals surface area contributed by atoms with Crippen molar-refractivity contribution in [2.45, 2.75) is 23.8 Å². The quantitative estimate of drug-likeness (QED) is 0.589. The monoisotopic (exact) mass is 194 g/mol. The molecule has 0 radical (unpaired) electrons. The molecule has 1 saturated heterocycles. The van der Waals surface area contributed by atoms with Crippen molar-refractivity contribution in [3.05, 3.63) is 0 Å². The average Bonchev–Trinajstić information content (AvgIpc) is 1.94. The lowest BCUT2D eigenvalue weighted by Gasteiger charge is -2.20. The van der Waals surface area contributed by atoms with Gasteiger partial charge in [-0.3, -0.25) is 0 Å². The molecule has 0 aromatic heterocycles.